The molecule has 7 heteroatoms. The predicted octanol–water partition coefficient (Wildman–Crippen LogP) is 3.56. The predicted molar refractivity (Wildman–Crippen MR) is 94.2 cm³/mol. The summed E-state index contributed by atoms with van der Waals surface area (Å²) in [7, 11) is 0. The van der Waals surface area contributed by atoms with Crippen LogP contribution < -0.4 is 19.5 Å². The normalized spacial score (nSPS) is 12.0. The maximum absolute atomic E-state index is 12.0. The van der Waals surface area contributed by atoms with Gasteiger partial charge in [-0.05, 0) is 12.1 Å². The highest BCUT2D eigenvalue weighted by Gasteiger charge is 2.14. The molecule has 1 aromatic heterocycles. The summed E-state index contributed by atoms with van der Waals surface area (Å²) in [6, 6.07) is 15.0. The summed E-state index contributed by atoms with van der Waals surface area (Å²) in [5.41, 5.74) is 1.84. The van der Waals surface area contributed by atoms with Crippen LogP contribution in [0.2, 0.25) is 0 Å². The largest absolute Gasteiger partial charge is 0.484 e. The van der Waals surface area contributed by atoms with Gasteiger partial charge in [-0.1, -0.05) is 30.3 Å². The molecule has 3 aromatic rings. The van der Waals surface area contributed by atoms with Crippen molar-refractivity contribution in [3.05, 3.63) is 53.9 Å². The molecule has 1 aliphatic heterocycles. The standard InChI is InChI=1S/C18H14N2O4S/c21-17(9-22-13-6-7-15-16(8-13)24-11-23-15)20-18-19-14(10-25-18)12-4-2-1-3-5-12/h1-8,10H,9,11H2,(H,19,20,21). The number of nitrogens with zero attached hydrogens (tertiary/aromatic N) is 1. The summed E-state index contributed by atoms with van der Waals surface area (Å²) < 4.78 is 16.0. The summed E-state index contributed by atoms with van der Waals surface area (Å²) >= 11 is 1.38. The Hall–Kier alpha value is -3.06. The SMILES string of the molecule is O=C(COc1ccc2c(c1)OCO2)Nc1nc(-c2ccccc2)cs1. The van der Waals surface area contributed by atoms with Gasteiger partial charge >= 0.3 is 0 Å². The zero-order valence-electron chi connectivity index (χ0n) is 13.1. The Morgan fingerprint density at radius 2 is 2.00 bits per heavy atom. The van der Waals surface area contributed by atoms with Crippen LogP contribution in [0.3, 0.4) is 0 Å². The molecule has 0 aliphatic carbocycles. The van der Waals surface area contributed by atoms with Crippen LogP contribution in [0.15, 0.2) is 53.9 Å². The lowest BCUT2D eigenvalue weighted by molar-refractivity contribution is -0.118. The molecule has 25 heavy (non-hydrogen) atoms. The quantitative estimate of drug-likeness (QED) is 0.759. The van der Waals surface area contributed by atoms with Gasteiger partial charge in [-0.15, -0.1) is 11.3 Å². The molecule has 0 fully saturated rings. The first-order chi connectivity index (χ1) is 12.3. The molecule has 1 N–H and O–H groups in total. The van der Waals surface area contributed by atoms with E-state index in [4.69, 9.17) is 14.2 Å². The van der Waals surface area contributed by atoms with Crippen LogP contribution in [0.25, 0.3) is 11.3 Å². The first-order valence-corrected chi connectivity index (χ1v) is 8.49. The van der Waals surface area contributed by atoms with Crippen molar-refractivity contribution < 1.29 is 19.0 Å². The third kappa shape index (κ3) is 3.56. The number of nitrogens with one attached hydrogen (secondary N) is 1. The van der Waals surface area contributed by atoms with Gasteiger partial charge in [0.2, 0.25) is 6.79 Å². The van der Waals surface area contributed by atoms with E-state index in [9.17, 15) is 4.79 Å². The number of carbonyl (C=O) groups is 1. The summed E-state index contributed by atoms with van der Waals surface area (Å²) in [6.07, 6.45) is 0. The molecular formula is C18H14N2O4S. The van der Waals surface area contributed by atoms with Crippen molar-refractivity contribution in [1.29, 1.82) is 0 Å². The molecule has 1 aliphatic rings. The number of benzene rings is 2. The van der Waals surface area contributed by atoms with Gasteiger partial charge < -0.3 is 14.2 Å². The molecule has 0 spiro atoms. The van der Waals surface area contributed by atoms with E-state index in [1.807, 2.05) is 35.7 Å². The minimum Gasteiger partial charge on any atom is -0.484 e. The van der Waals surface area contributed by atoms with E-state index in [2.05, 4.69) is 10.3 Å². The summed E-state index contributed by atoms with van der Waals surface area (Å²) in [5, 5.41) is 5.19. The number of hydrogen-bond donors (Lipinski definition) is 1. The Balaban J connectivity index is 1.34. The van der Waals surface area contributed by atoms with E-state index in [0.717, 1.165) is 11.3 Å². The molecule has 2 heterocycles. The van der Waals surface area contributed by atoms with Gasteiger partial charge in [0.1, 0.15) is 5.75 Å². The Kier molecular flexibility index (Phi) is 4.22. The molecule has 0 radical (unpaired) electrons. The molecule has 4 rings (SSSR count). The zero-order chi connectivity index (χ0) is 17.1. The van der Waals surface area contributed by atoms with E-state index in [-0.39, 0.29) is 19.3 Å². The van der Waals surface area contributed by atoms with Crippen molar-refractivity contribution in [2.75, 3.05) is 18.7 Å². The van der Waals surface area contributed by atoms with E-state index < -0.39 is 0 Å². The van der Waals surface area contributed by atoms with Gasteiger partial charge in [-0.25, -0.2) is 4.98 Å². The minimum atomic E-state index is -0.272. The lowest BCUT2D eigenvalue weighted by Gasteiger charge is -2.06. The van der Waals surface area contributed by atoms with E-state index in [0.29, 0.717) is 22.4 Å². The maximum atomic E-state index is 12.0. The number of rotatable bonds is 5. The molecule has 0 bridgehead atoms. The van der Waals surface area contributed by atoms with Crippen LogP contribution in [-0.4, -0.2) is 24.3 Å². The fraction of sp³-hybridized carbons (Fsp3) is 0.111. The molecule has 0 saturated heterocycles. The Labute approximate surface area is 148 Å². The summed E-state index contributed by atoms with van der Waals surface area (Å²) in [5.74, 6) is 1.56. The number of aromatic nitrogens is 1. The first-order valence-electron chi connectivity index (χ1n) is 7.61. The van der Waals surface area contributed by atoms with Crippen LogP contribution >= 0.6 is 11.3 Å². The zero-order valence-corrected chi connectivity index (χ0v) is 13.9. The Morgan fingerprint density at radius 1 is 1.16 bits per heavy atom. The third-order valence-electron chi connectivity index (χ3n) is 3.53. The van der Waals surface area contributed by atoms with Gasteiger partial charge in [0.25, 0.3) is 5.91 Å². The number of ether oxygens (including phenoxy) is 3. The van der Waals surface area contributed by atoms with Crippen molar-refractivity contribution in [3.8, 4) is 28.5 Å². The maximum Gasteiger partial charge on any atom is 0.264 e. The number of thiazole rings is 1. The van der Waals surface area contributed by atoms with Crippen LogP contribution in [0.4, 0.5) is 5.13 Å². The second kappa shape index (κ2) is 6.82. The van der Waals surface area contributed by atoms with Crippen molar-refractivity contribution in [2.45, 2.75) is 0 Å². The number of hydrogen-bond acceptors (Lipinski definition) is 6. The molecule has 6 nitrogen and oxygen atoms in total. The van der Waals surface area contributed by atoms with Crippen LogP contribution in [0.5, 0.6) is 17.2 Å². The molecule has 0 atom stereocenters. The molecule has 126 valence electrons. The van der Waals surface area contributed by atoms with Gasteiger partial charge in [0.05, 0.1) is 5.69 Å². The number of amides is 1. The van der Waals surface area contributed by atoms with Crippen molar-refractivity contribution in [2.24, 2.45) is 0 Å². The average Bonchev–Trinajstić information content (AvgIpc) is 3.29. The highest BCUT2D eigenvalue weighted by Crippen LogP contribution is 2.35. The van der Waals surface area contributed by atoms with E-state index >= 15 is 0 Å². The Morgan fingerprint density at radius 3 is 2.88 bits per heavy atom. The lowest BCUT2D eigenvalue weighted by Crippen LogP contribution is -2.20. The van der Waals surface area contributed by atoms with Gasteiger partial charge in [0.15, 0.2) is 23.2 Å². The summed E-state index contributed by atoms with van der Waals surface area (Å²) in [6.45, 7) is 0.0902. The summed E-state index contributed by atoms with van der Waals surface area (Å²) in [4.78, 5) is 16.5. The highest BCUT2D eigenvalue weighted by molar-refractivity contribution is 7.14. The van der Waals surface area contributed by atoms with Crippen LogP contribution in [-0.2, 0) is 4.79 Å². The van der Waals surface area contributed by atoms with Crippen molar-refractivity contribution >= 4 is 22.4 Å². The smallest absolute Gasteiger partial charge is 0.264 e. The lowest BCUT2D eigenvalue weighted by atomic mass is 10.2. The van der Waals surface area contributed by atoms with Crippen LogP contribution in [0, 0.1) is 0 Å². The monoisotopic (exact) mass is 354 g/mol. The topological polar surface area (TPSA) is 69.7 Å². The number of fused-ring (bicyclic) bond motifs is 1. The fourth-order valence-corrected chi connectivity index (χ4v) is 3.08. The van der Waals surface area contributed by atoms with Crippen LogP contribution in [0.1, 0.15) is 0 Å². The van der Waals surface area contributed by atoms with E-state index in [1.54, 1.807) is 18.2 Å². The third-order valence-corrected chi connectivity index (χ3v) is 4.29. The van der Waals surface area contributed by atoms with E-state index in [1.165, 1.54) is 11.3 Å². The molecule has 2 aromatic carbocycles. The second-order valence-corrected chi connectivity index (χ2v) is 6.11. The molecular weight excluding hydrogens is 340 g/mol. The highest BCUT2D eigenvalue weighted by atomic mass is 32.1. The first kappa shape index (κ1) is 15.5. The molecule has 0 unspecified atom stereocenters. The van der Waals surface area contributed by atoms with Gasteiger partial charge in [-0.2, -0.15) is 0 Å². The van der Waals surface area contributed by atoms with Gasteiger partial charge in [0, 0.05) is 17.0 Å². The molecule has 1 amide bonds. The molecule has 0 saturated carbocycles. The number of carbonyl (C=O) groups excluding carboxylic acids is 1. The minimum absolute atomic E-state index is 0.111. The Bertz CT molecular complexity index is 895. The fourth-order valence-electron chi connectivity index (χ4n) is 2.34. The average molecular weight is 354 g/mol. The van der Waals surface area contributed by atoms with Gasteiger partial charge in [-0.3, -0.25) is 10.1 Å². The second-order valence-electron chi connectivity index (χ2n) is 5.26. The van der Waals surface area contributed by atoms with Crippen molar-refractivity contribution in [1.82, 2.24) is 4.98 Å². The van der Waals surface area contributed by atoms with Crippen molar-refractivity contribution in [3.63, 3.8) is 0 Å². The number of anilines is 1.